The third-order valence-corrected chi connectivity index (χ3v) is 2.83. The van der Waals surface area contributed by atoms with Crippen molar-refractivity contribution in [2.75, 3.05) is 24.7 Å². The fourth-order valence-corrected chi connectivity index (χ4v) is 1.83. The van der Waals surface area contributed by atoms with Crippen LogP contribution in [0.2, 0.25) is 0 Å². The molecule has 1 aromatic rings. The average molecular weight is 223 g/mol. The molecule has 5 nitrogen and oxygen atoms in total. The maximum atomic E-state index is 8.92. The lowest BCUT2D eigenvalue weighted by molar-refractivity contribution is 0.0921. The summed E-state index contributed by atoms with van der Waals surface area (Å²) in [5.74, 6) is 0.729. The van der Waals surface area contributed by atoms with E-state index in [4.69, 9.17) is 9.84 Å². The second-order valence-corrected chi connectivity index (χ2v) is 3.88. The minimum absolute atomic E-state index is 0.0133. The van der Waals surface area contributed by atoms with E-state index < -0.39 is 0 Å². The van der Waals surface area contributed by atoms with Crippen LogP contribution in [0.1, 0.15) is 18.9 Å². The van der Waals surface area contributed by atoms with Crippen molar-refractivity contribution in [1.82, 2.24) is 9.97 Å². The van der Waals surface area contributed by atoms with Gasteiger partial charge in [0, 0.05) is 24.5 Å². The van der Waals surface area contributed by atoms with Crippen molar-refractivity contribution in [3.63, 3.8) is 0 Å². The van der Waals surface area contributed by atoms with Crippen LogP contribution >= 0.6 is 0 Å². The Morgan fingerprint density at radius 1 is 1.50 bits per heavy atom. The van der Waals surface area contributed by atoms with Crippen molar-refractivity contribution in [3.8, 4) is 0 Å². The topological polar surface area (TPSA) is 58.5 Å². The highest BCUT2D eigenvalue weighted by Crippen LogP contribution is 2.16. The minimum Gasteiger partial charge on any atom is -0.392 e. The van der Waals surface area contributed by atoms with Crippen LogP contribution in [0.15, 0.2) is 12.4 Å². The number of morpholine rings is 1. The number of hydrogen-bond donors (Lipinski definition) is 1. The monoisotopic (exact) mass is 223 g/mol. The van der Waals surface area contributed by atoms with Gasteiger partial charge < -0.3 is 14.7 Å². The van der Waals surface area contributed by atoms with E-state index in [9.17, 15) is 0 Å². The molecule has 1 fully saturated rings. The van der Waals surface area contributed by atoms with Crippen molar-refractivity contribution < 1.29 is 9.84 Å². The van der Waals surface area contributed by atoms with Crippen LogP contribution in [-0.4, -0.2) is 40.9 Å². The van der Waals surface area contributed by atoms with Crippen LogP contribution < -0.4 is 4.90 Å². The van der Waals surface area contributed by atoms with Gasteiger partial charge >= 0.3 is 0 Å². The van der Waals surface area contributed by atoms with E-state index in [0.29, 0.717) is 6.04 Å². The zero-order valence-electron chi connectivity index (χ0n) is 9.46. The molecule has 1 saturated heterocycles. The number of aromatic nitrogens is 2. The second-order valence-electron chi connectivity index (χ2n) is 3.88. The zero-order valence-corrected chi connectivity index (χ0v) is 9.46. The predicted molar refractivity (Wildman–Crippen MR) is 60.2 cm³/mol. The van der Waals surface area contributed by atoms with Gasteiger partial charge in [0.1, 0.15) is 0 Å². The second kappa shape index (κ2) is 5.23. The Hall–Kier alpha value is -1.20. The van der Waals surface area contributed by atoms with E-state index in [0.717, 1.165) is 37.7 Å². The van der Waals surface area contributed by atoms with Gasteiger partial charge in [-0.15, -0.1) is 0 Å². The molecule has 1 N–H and O–H groups in total. The highest BCUT2D eigenvalue weighted by atomic mass is 16.5. The van der Waals surface area contributed by atoms with Crippen LogP contribution in [0.25, 0.3) is 0 Å². The Morgan fingerprint density at radius 3 is 2.88 bits per heavy atom. The SMILES string of the molecule is CCC1COCCN1c1ncc(CO)cn1. The number of aliphatic hydroxyl groups is 1. The van der Waals surface area contributed by atoms with Crippen LogP contribution in [0, 0.1) is 0 Å². The van der Waals surface area contributed by atoms with Crippen LogP contribution in [-0.2, 0) is 11.3 Å². The van der Waals surface area contributed by atoms with Gasteiger partial charge in [0.15, 0.2) is 0 Å². The molecule has 2 rings (SSSR count). The maximum Gasteiger partial charge on any atom is 0.225 e. The largest absolute Gasteiger partial charge is 0.392 e. The third kappa shape index (κ3) is 2.31. The first-order valence-corrected chi connectivity index (χ1v) is 5.61. The van der Waals surface area contributed by atoms with E-state index in [1.807, 2.05) is 0 Å². The van der Waals surface area contributed by atoms with E-state index in [1.54, 1.807) is 12.4 Å². The van der Waals surface area contributed by atoms with Crippen LogP contribution in [0.3, 0.4) is 0 Å². The maximum absolute atomic E-state index is 8.92. The molecule has 1 aliphatic rings. The zero-order chi connectivity index (χ0) is 11.4. The fraction of sp³-hybridized carbons (Fsp3) is 0.636. The van der Waals surface area contributed by atoms with Gasteiger partial charge in [-0.05, 0) is 6.42 Å². The van der Waals surface area contributed by atoms with Crippen LogP contribution in [0.4, 0.5) is 5.95 Å². The van der Waals surface area contributed by atoms with Gasteiger partial charge in [-0.3, -0.25) is 0 Å². The van der Waals surface area contributed by atoms with E-state index in [1.165, 1.54) is 0 Å². The number of aliphatic hydroxyl groups excluding tert-OH is 1. The summed E-state index contributed by atoms with van der Waals surface area (Å²) >= 11 is 0. The van der Waals surface area contributed by atoms with Gasteiger partial charge in [-0.25, -0.2) is 9.97 Å². The quantitative estimate of drug-likeness (QED) is 0.812. The molecule has 0 bridgehead atoms. The van der Waals surface area contributed by atoms with Crippen molar-refractivity contribution in [3.05, 3.63) is 18.0 Å². The van der Waals surface area contributed by atoms with E-state index in [-0.39, 0.29) is 6.61 Å². The Bertz CT molecular complexity index is 329. The smallest absolute Gasteiger partial charge is 0.225 e. The Morgan fingerprint density at radius 2 is 2.25 bits per heavy atom. The summed E-state index contributed by atoms with van der Waals surface area (Å²) in [6, 6.07) is 0.355. The molecule has 2 heterocycles. The summed E-state index contributed by atoms with van der Waals surface area (Å²) in [6.07, 6.45) is 4.36. The molecule has 0 spiro atoms. The number of rotatable bonds is 3. The molecular formula is C11H17N3O2. The van der Waals surface area contributed by atoms with Gasteiger partial charge in [-0.2, -0.15) is 0 Å². The lowest BCUT2D eigenvalue weighted by Gasteiger charge is -2.34. The molecule has 5 heteroatoms. The van der Waals surface area contributed by atoms with Crippen molar-refractivity contribution in [2.45, 2.75) is 26.0 Å². The van der Waals surface area contributed by atoms with Crippen LogP contribution in [0.5, 0.6) is 0 Å². The first-order chi connectivity index (χ1) is 7.85. The average Bonchev–Trinajstić information content (AvgIpc) is 2.39. The van der Waals surface area contributed by atoms with Gasteiger partial charge in [0.2, 0.25) is 5.95 Å². The summed E-state index contributed by atoms with van der Waals surface area (Å²) < 4.78 is 5.43. The molecule has 0 aromatic carbocycles. The Labute approximate surface area is 95.1 Å². The first-order valence-electron chi connectivity index (χ1n) is 5.61. The molecule has 0 saturated carbocycles. The summed E-state index contributed by atoms with van der Waals surface area (Å²) in [7, 11) is 0. The highest BCUT2D eigenvalue weighted by molar-refractivity contribution is 5.32. The summed E-state index contributed by atoms with van der Waals surface area (Å²) in [4.78, 5) is 10.7. The summed E-state index contributed by atoms with van der Waals surface area (Å²) in [5, 5.41) is 8.92. The van der Waals surface area contributed by atoms with Crippen molar-refractivity contribution in [1.29, 1.82) is 0 Å². The molecule has 1 unspecified atom stereocenters. The minimum atomic E-state index is -0.0133. The lowest BCUT2D eigenvalue weighted by atomic mass is 10.2. The molecule has 16 heavy (non-hydrogen) atoms. The number of nitrogens with zero attached hydrogens (tertiary/aromatic N) is 3. The third-order valence-electron chi connectivity index (χ3n) is 2.83. The number of anilines is 1. The summed E-state index contributed by atoms with van der Waals surface area (Å²) in [5.41, 5.74) is 0.741. The van der Waals surface area contributed by atoms with E-state index >= 15 is 0 Å². The van der Waals surface area contributed by atoms with Gasteiger partial charge in [-0.1, -0.05) is 6.92 Å². The Balaban J connectivity index is 2.14. The predicted octanol–water partition coefficient (Wildman–Crippen LogP) is 0.584. The molecule has 88 valence electrons. The van der Waals surface area contributed by atoms with Crippen molar-refractivity contribution >= 4 is 5.95 Å². The molecular weight excluding hydrogens is 206 g/mol. The fourth-order valence-electron chi connectivity index (χ4n) is 1.83. The van der Waals surface area contributed by atoms with Gasteiger partial charge in [0.25, 0.3) is 0 Å². The lowest BCUT2D eigenvalue weighted by Crippen LogP contribution is -2.46. The van der Waals surface area contributed by atoms with Crippen molar-refractivity contribution in [2.24, 2.45) is 0 Å². The molecule has 1 atom stereocenters. The molecule has 0 amide bonds. The molecule has 1 aromatic heterocycles. The molecule has 1 aliphatic heterocycles. The van der Waals surface area contributed by atoms with E-state index in [2.05, 4.69) is 21.8 Å². The number of ether oxygens (including phenoxy) is 1. The van der Waals surface area contributed by atoms with Gasteiger partial charge in [0.05, 0.1) is 25.9 Å². The summed E-state index contributed by atoms with van der Waals surface area (Å²) in [6.45, 7) is 4.41. The Kier molecular flexibility index (Phi) is 3.69. The highest BCUT2D eigenvalue weighted by Gasteiger charge is 2.23. The molecule has 0 aliphatic carbocycles. The first kappa shape index (κ1) is 11.3. The molecule has 0 radical (unpaired) electrons. The normalized spacial score (nSPS) is 21.1. The number of hydrogen-bond acceptors (Lipinski definition) is 5. The standard InChI is InChI=1S/C11H17N3O2/c1-2-10-8-16-4-3-14(10)11-12-5-9(7-15)6-13-11/h5-6,10,15H,2-4,7-8H2,1H3.